The molecule has 0 aromatic carbocycles. The second-order valence-electron chi connectivity index (χ2n) is 6.57. The van der Waals surface area contributed by atoms with E-state index in [1.807, 2.05) is 20.0 Å². The predicted octanol–water partition coefficient (Wildman–Crippen LogP) is 2.28. The summed E-state index contributed by atoms with van der Waals surface area (Å²) >= 11 is 0. The number of hydrogen-bond acceptors (Lipinski definition) is 4. The Morgan fingerprint density at radius 1 is 1.40 bits per heavy atom. The Morgan fingerprint density at radius 3 is 2.70 bits per heavy atom. The van der Waals surface area contributed by atoms with Gasteiger partial charge in [0.05, 0.1) is 39.3 Å². The van der Waals surface area contributed by atoms with Crippen LogP contribution in [0.2, 0.25) is 0 Å². The predicted molar refractivity (Wildman–Crippen MR) is 84.8 cm³/mol. The summed E-state index contributed by atoms with van der Waals surface area (Å²) in [5.74, 6) is 0.660. The van der Waals surface area contributed by atoms with Crippen LogP contribution < -0.4 is 5.32 Å². The van der Waals surface area contributed by atoms with E-state index in [9.17, 15) is 4.79 Å². The van der Waals surface area contributed by atoms with Crippen LogP contribution in [0.3, 0.4) is 0 Å². The number of ether oxygens (including phenoxy) is 1. The molecule has 0 aromatic heterocycles. The molecule has 20 heavy (non-hydrogen) atoms. The smallest absolute Gasteiger partial charge is 0.375 e. The third-order valence-corrected chi connectivity index (χ3v) is 3.64. The van der Waals surface area contributed by atoms with Gasteiger partial charge in [-0.3, -0.25) is 4.52 Å². The van der Waals surface area contributed by atoms with Crippen LogP contribution in [0.5, 0.6) is 0 Å². The Kier molecular flexibility index (Phi) is 7.21. The fourth-order valence-electron chi connectivity index (χ4n) is 2.01. The summed E-state index contributed by atoms with van der Waals surface area (Å²) in [6, 6.07) is 0. The van der Waals surface area contributed by atoms with Crippen LogP contribution in [0, 0.1) is 5.92 Å². The first-order valence-electron chi connectivity index (χ1n) is 7.40. The Hall–Kier alpha value is -0.380. The molecule has 1 aliphatic heterocycles. The molecule has 1 rings (SSSR count). The molecule has 0 aliphatic carbocycles. The maximum absolute atomic E-state index is 11.9. The number of amides is 1. The highest BCUT2D eigenvalue weighted by atomic mass is 31.2. The molecule has 0 aromatic rings. The van der Waals surface area contributed by atoms with Crippen LogP contribution in [0.4, 0.5) is 4.79 Å². The highest BCUT2D eigenvalue weighted by Crippen LogP contribution is 2.48. The van der Waals surface area contributed by atoms with Crippen molar-refractivity contribution >= 4 is 13.6 Å². The van der Waals surface area contributed by atoms with E-state index in [2.05, 4.69) is 19.2 Å². The summed E-state index contributed by atoms with van der Waals surface area (Å²) < 4.78 is 11.3. The van der Waals surface area contributed by atoms with Crippen LogP contribution in [0.15, 0.2) is 0 Å². The summed E-state index contributed by atoms with van der Waals surface area (Å²) in [5, 5.41) is 3.35. The van der Waals surface area contributed by atoms with E-state index < -0.39 is 7.49 Å². The SMILES string of the molecule is CC(C)CNCCOC1CCN(C(=O)O[P+](C)(C)C)C1. The third kappa shape index (κ3) is 7.41. The first-order chi connectivity index (χ1) is 9.28. The molecule has 1 saturated heterocycles. The van der Waals surface area contributed by atoms with Gasteiger partial charge in [-0.2, -0.15) is 0 Å². The number of nitrogens with one attached hydrogen (secondary N) is 1. The fourth-order valence-corrected chi connectivity index (χ4v) is 2.59. The largest absolute Gasteiger partial charge is 0.447 e. The standard InChI is InChI=1S/C14H30N2O3P/c1-12(2)10-15-7-9-18-13-6-8-16(11-13)14(17)19-20(3,4)5/h12-13,15H,6-11H2,1-5H3/q+1. The topological polar surface area (TPSA) is 50.8 Å². The van der Waals surface area contributed by atoms with E-state index in [0.717, 1.165) is 26.1 Å². The van der Waals surface area contributed by atoms with Crippen molar-refractivity contribution in [2.45, 2.75) is 26.4 Å². The maximum atomic E-state index is 11.9. The number of carbonyl (C=O) groups is 1. The second-order valence-corrected chi connectivity index (χ2v) is 10.5. The zero-order valence-electron chi connectivity index (χ0n) is 13.5. The first-order valence-corrected chi connectivity index (χ1v) is 10.4. The quantitative estimate of drug-likeness (QED) is 0.579. The molecule has 1 amide bonds. The van der Waals surface area contributed by atoms with Crippen LogP contribution in [0.1, 0.15) is 20.3 Å². The van der Waals surface area contributed by atoms with Crippen molar-refractivity contribution < 1.29 is 14.1 Å². The monoisotopic (exact) mass is 305 g/mol. The van der Waals surface area contributed by atoms with E-state index >= 15 is 0 Å². The average molecular weight is 305 g/mol. The lowest BCUT2D eigenvalue weighted by molar-refractivity contribution is 0.0609. The lowest BCUT2D eigenvalue weighted by atomic mass is 10.2. The Bertz CT molecular complexity index is 305. The molecule has 1 aliphatic rings. The van der Waals surface area contributed by atoms with E-state index in [1.54, 1.807) is 4.90 Å². The zero-order valence-corrected chi connectivity index (χ0v) is 14.4. The molecule has 1 N–H and O–H groups in total. The van der Waals surface area contributed by atoms with Gasteiger partial charge in [-0.05, 0) is 18.9 Å². The summed E-state index contributed by atoms with van der Waals surface area (Å²) in [6.45, 7) is 14.3. The molecule has 0 saturated carbocycles. The van der Waals surface area contributed by atoms with Gasteiger partial charge in [0.1, 0.15) is 0 Å². The van der Waals surface area contributed by atoms with Crippen LogP contribution in [0.25, 0.3) is 0 Å². The van der Waals surface area contributed by atoms with Crippen molar-refractivity contribution in [3.63, 3.8) is 0 Å². The van der Waals surface area contributed by atoms with Gasteiger partial charge in [0.2, 0.25) is 0 Å². The van der Waals surface area contributed by atoms with Crippen molar-refractivity contribution in [1.29, 1.82) is 0 Å². The minimum absolute atomic E-state index is 0.154. The number of likely N-dealkylation sites (tertiary alicyclic amines) is 1. The average Bonchev–Trinajstić information content (AvgIpc) is 2.74. The second kappa shape index (κ2) is 8.16. The van der Waals surface area contributed by atoms with Gasteiger partial charge in [-0.15, -0.1) is 0 Å². The lowest BCUT2D eigenvalue weighted by Crippen LogP contribution is -2.31. The molecule has 0 bridgehead atoms. The normalized spacial score (nSPS) is 19.7. The number of carbonyl (C=O) groups excluding carboxylic acids is 1. The highest BCUT2D eigenvalue weighted by molar-refractivity contribution is 7.69. The molecule has 0 spiro atoms. The van der Waals surface area contributed by atoms with E-state index in [-0.39, 0.29) is 12.2 Å². The third-order valence-electron chi connectivity index (χ3n) is 2.94. The van der Waals surface area contributed by atoms with Gasteiger partial charge in [-0.1, -0.05) is 13.8 Å². The van der Waals surface area contributed by atoms with Crippen LogP contribution in [-0.2, 0) is 9.26 Å². The summed E-state index contributed by atoms with van der Waals surface area (Å²) in [7, 11) is -1.53. The zero-order chi connectivity index (χ0) is 15.2. The molecule has 1 heterocycles. The van der Waals surface area contributed by atoms with E-state index in [1.165, 1.54) is 0 Å². The first kappa shape index (κ1) is 17.7. The summed E-state index contributed by atoms with van der Waals surface area (Å²) in [6.07, 6.45) is 0.874. The summed E-state index contributed by atoms with van der Waals surface area (Å²) in [5.41, 5.74) is 0. The van der Waals surface area contributed by atoms with Crippen molar-refractivity contribution in [2.24, 2.45) is 5.92 Å². The Morgan fingerprint density at radius 2 is 2.10 bits per heavy atom. The lowest BCUT2D eigenvalue weighted by Gasteiger charge is -2.18. The van der Waals surface area contributed by atoms with Gasteiger partial charge >= 0.3 is 6.09 Å². The van der Waals surface area contributed by atoms with E-state index in [0.29, 0.717) is 19.1 Å². The van der Waals surface area contributed by atoms with Gasteiger partial charge in [-0.25, -0.2) is 4.79 Å². The van der Waals surface area contributed by atoms with Crippen LogP contribution in [-0.4, -0.2) is 69.9 Å². The summed E-state index contributed by atoms with van der Waals surface area (Å²) in [4.78, 5) is 13.7. The molecule has 1 atom stereocenters. The number of nitrogens with zero attached hydrogens (tertiary/aromatic N) is 1. The molecule has 0 radical (unpaired) electrons. The molecule has 6 heteroatoms. The molecular formula is C14H30N2O3P+. The van der Waals surface area contributed by atoms with Crippen LogP contribution >= 0.6 is 7.49 Å². The number of rotatable bonds is 7. The van der Waals surface area contributed by atoms with Crippen molar-refractivity contribution in [3.05, 3.63) is 0 Å². The van der Waals surface area contributed by atoms with Crippen molar-refractivity contribution in [1.82, 2.24) is 10.2 Å². The molecule has 1 fully saturated rings. The minimum Gasteiger partial charge on any atom is -0.375 e. The van der Waals surface area contributed by atoms with E-state index in [4.69, 9.17) is 9.26 Å². The Labute approximate surface area is 123 Å². The Balaban J connectivity index is 2.15. The minimum atomic E-state index is -1.53. The van der Waals surface area contributed by atoms with Gasteiger partial charge in [0, 0.05) is 13.1 Å². The molecular weight excluding hydrogens is 275 g/mol. The highest BCUT2D eigenvalue weighted by Gasteiger charge is 2.33. The van der Waals surface area contributed by atoms with Gasteiger partial charge in [0.15, 0.2) is 7.49 Å². The number of hydrogen-bond donors (Lipinski definition) is 1. The molecule has 1 unspecified atom stereocenters. The molecule has 118 valence electrons. The maximum Gasteiger partial charge on any atom is 0.447 e. The van der Waals surface area contributed by atoms with Gasteiger partial charge in [0.25, 0.3) is 0 Å². The molecule has 5 nitrogen and oxygen atoms in total. The van der Waals surface area contributed by atoms with Crippen molar-refractivity contribution in [3.8, 4) is 0 Å². The van der Waals surface area contributed by atoms with Crippen molar-refractivity contribution in [2.75, 3.05) is 52.8 Å². The van der Waals surface area contributed by atoms with Gasteiger partial charge < -0.3 is 15.0 Å². The fraction of sp³-hybridized carbons (Fsp3) is 0.929.